The van der Waals surface area contributed by atoms with Gasteiger partial charge in [-0.15, -0.1) is 0 Å². The fraction of sp³-hybridized carbons (Fsp3) is 0.240. The third-order valence-electron chi connectivity index (χ3n) is 5.85. The van der Waals surface area contributed by atoms with Crippen molar-refractivity contribution in [3.63, 3.8) is 0 Å². The van der Waals surface area contributed by atoms with Crippen molar-refractivity contribution in [3.05, 3.63) is 88.8 Å². The topological polar surface area (TPSA) is 108 Å². The smallest absolute Gasteiger partial charge is 0.334 e. The van der Waals surface area contributed by atoms with Crippen molar-refractivity contribution in [2.75, 3.05) is 32.7 Å². The minimum absolute atomic E-state index is 0.0976. The second-order valence-electron chi connectivity index (χ2n) is 8.29. The van der Waals surface area contributed by atoms with Gasteiger partial charge in [0.15, 0.2) is 11.5 Å². The second kappa shape index (κ2) is 10.5. The third-order valence-corrected chi connectivity index (χ3v) is 7.83. The molecule has 1 aliphatic rings. The molecule has 0 atom stereocenters. The molecule has 2 aromatic carbocycles. The summed E-state index contributed by atoms with van der Waals surface area (Å²) in [6, 6.07) is 14.4. The highest BCUT2D eigenvalue weighted by Crippen LogP contribution is 2.21. The molecule has 0 unspecified atom stereocenters. The first-order valence-corrected chi connectivity index (χ1v) is 13.0. The number of ketones is 1. The SMILES string of the molecule is Cc1ccc(S(=O)(=O)N(CC(=O)c2ccc(Cl)cc2)C(=O)N2CCN(C(=O)c3ccco3)CC2)cc1. The number of hydrogen-bond donors (Lipinski definition) is 0. The van der Waals surface area contributed by atoms with Crippen molar-refractivity contribution in [3.8, 4) is 0 Å². The molecule has 0 N–H and O–H groups in total. The number of halogens is 1. The second-order valence-corrected chi connectivity index (χ2v) is 10.6. The van der Waals surface area contributed by atoms with Gasteiger partial charge in [0.2, 0.25) is 0 Å². The van der Waals surface area contributed by atoms with E-state index < -0.39 is 28.4 Å². The number of furan rings is 1. The molecular formula is C25H24ClN3O6S. The Bertz CT molecular complexity index is 1350. The number of sulfonamides is 1. The molecule has 1 fully saturated rings. The van der Waals surface area contributed by atoms with Crippen LogP contribution in [0.15, 0.2) is 76.2 Å². The average Bonchev–Trinajstić information content (AvgIpc) is 3.42. The van der Waals surface area contributed by atoms with Crippen LogP contribution in [0, 0.1) is 6.92 Å². The summed E-state index contributed by atoms with van der Waals surface area (Å²) in [6.07, 6.45) is 1.40. The van der Waals surface area contributed by atoms with Gasteiger partial charge < -0.3 is 14.2 Å². The fourth-order valence-electron chi connectivity index (χ4n) is 3.77. The Morgan fingerprint density at radius 2 is 1.53 bits per heavy atom. The first-order valence-electron chi connectivity index (χ1n) is 11.2. The number of aryl methyl sites for hydroxylation is 1. The lowest BCUT2D eigenvalue weighted by Gasteiger charge is -2.36. The van der Waals surface area contributed by atoms with E-state index in [2.05, 4.69) is 0 Å². The van der Waals surface area contributed by atoms with E-state index in [1.54, 1.807) is 24.3 Å². The molecule has 1 aliphatic heterocycles. The van der Waals surface area contributed by atoms with E-state index >= 15 is 0 Å². The van der Waals surface area contributed by atoms with Crippen molar-refractivity contribution in [2.45, 2.75) is 11.8 Å². The van der Waals surface area contributed by atoms with Gasteiger partial charge in [-0.1, -0.05) is 29.3 Å². The number of carbonyl (C=O) groups is 3. The van der Waals surface area contributed by atoms with Gasteiger partial charge in [0, 0.05) is 36.8 Å². The third kappa shape index (κ3) is 5.44. The Hall–Kier alpha value is -3.63. The van der Waals surface area contributed by atoms with Crippen LogP contribution in [0.1, 0.15) is 26.5 Å². The van der Waals surface area contributed by atoms with Gasteiger partial charge in [0.25, 0.3) is 15.9 Å². The van der Waals surface area contributed by atoms with Crippen LogP contribution in [0.25, 0.3) is 0 Å². The lowest BCUT2D eigenvalue weighted by molar-refractivity contribution is 0.0623. The molecule has 3 amide bonds. The van der Waals surface area contributed by atoms with Gasteiger partial charge in [0.1, 0.15) is 6.54 Å². The quantitative estimate of drug-likeness (QED) is 0.451. The molecule has 9 nitrogen and oxygen atoms in total. The Kier molecular flexibility index (Phi) is 7.46. The van der Waals surface area contributed by atoms with Crippen LogP contribution in [0.5, 0.6) is 0 Å². The predicted octanol–water partition coefficient (Wildman–Crippen LogP) is 3.69. The van der Waals surface area contributed by atoms with Gasteiger partial charge in [-0.2, -0.15) is 0 Å². The zero-order valence-electron chi connectivity index (χ0n) is 19.5. The maximum absolute atomic E-state index is 13.5. The standard InChI is InChI=1S/C25H24ClN3O6S/c1-18-4-10-21(11-5-18)36(33,34)29(17-22(30)19-6-8-20(26)9-7-19)25(32)28-14-12-27(13-15-28)24(31)23-3-2-16-35-23/h2-11,16H,12-15,17H2,1H3. The van der Waals surface area contributed by atoms with E-state index in [1.807, 2.05) is 6.92 Å². The van der Waals surface area contributed by atoms with Crippen molar-refractivity contribution in [2.24, 2.45) is 0 Å². The normalized spacial score (nSPS) is 13.9. The monoisotopic (exact) mass is 529 g/mol. The van der Waals surface area contributed by atoms with Crippen molar-refractivity contribution < 1.29 is 27.2 Å². The Balaban J connectivity index is 1.56. The van der Waals surface area contributed by atoms with E-state index in [0.29, 0.717) is 9.33 Å². The maximum atomic E-state index is 13.5. The molecule has 3 aromatic rings. The van der Waals surface area contributed by atoms with Gasteiger partial charge in [0.05, 0.1) is 11.2 Å². The van der Waals surface area contributed by atoms with Crippen LogP contribution in [-0.4, -0.2) is 73.0 Å². The van der Waals surface area contributed by atoms with E-state index in [0.717, 1.165) is 5.56 Å². The van der Waals surface area contributed by atoms with Gasteiger partial charge >= 0.3 is 6.03 Å². The summed E-state index contributed by atoms with van der Waals surface area (Å²) in [4.78, 5) is 41.8. The molecule has 1 aromatic heterocycles. The Labute approximate surface area is 213 Å². The zero-order chi connectivity index (χ0) is 25.9. The number of nitrogens with zero attached hydrogens (tertiary/aromatic N) is 3. The van der Waals surface area contributed by atoms with Crippen molar-refractivity contribution >= 4 is 39.3 Å². The first kappa shape index (κ1) is 25.5. The molecule has 188 valence electrons. The Morgan fingerprint density at radius 3 is 2.11 bits per heavy atom. The van der Waals surface area contributed by atoms with Gasteiger partial charge in [-0.3, -0.25) is 9.59 Å². The predicted molar refractivity (Wildman–Crippen MR) is 132 cm³/mol. The largest absolute Gasteiger partial charge is 0.459 e. The number of rotatable bonds is 6. The molecule has 0 radical (unpaired) electrons. The minimum atomic E-state index is -4.34. The summed E-state index contributed by atoms with van der Waals surface area (Å²) >= 11 is 5.89. The highest BCUT2D eigenvalue weighted by molar-refractivity contribution is 7.89. The minimum Gasteiger partial charge on any atom is -0.459 e. The molecule has 11 heteroatoms. The molecule has 36 heavy (non-hydrogen) atoms. The molecule has 0 spiro atoms. The van der Waals surface area contributed by atoms with E-state index in [4.69, 9.17) is 16.0 Å². The van der Waals surface area contributed by atoms with Crippen LogP contribution < -0.4 is 0 Å². The maximum Gasteiger partial charge on any atom is 0.334 e. The number of amides is 3. The molecule has 0 aliphatic carbocycles. The summed E-state index contributed by atoms with van der Waals surface area (Å²) in [7, 11) is -4.34. The number of piperazine rings is 1. The van der Waals surface area contributed by atoms with Crippen LogP contribution >= 0.6 is 11.6 Å². The highest BCUT2D eigenvalue weighted by Gasteiger charge is 2.36. The molecule has 1 saturated heterocycles. The number of hydrogen-bond acceptors (Lipinski definition) is 6. The summed E-state index contributed by atoms with van der Waals surface area (Å²) in [6.45, 7) is 1.71. The summed E-state index contributed by atoms with van der Waals surface area (Å²) < 4.78 is 32.8. The molecule has 4 rings (SSSR count). The average molecular weight is 530 g/mol. The number of benzene rings is 2. The molecule has 0 bridgehead atoms. The van der Waals surface area contributed by atoms with Gasteiger partial charge in [-0.25, -0.2) is 17.5 Å². The number of carbonyl (C=O) groups excluding carboxylic acids is 3. The first-order chi connectivity index (χ1) is 17.2. The number of Topliss-reactive ketones (excluding diaryl/α,β-unsaturated/α-hetero) is 1. The fourth-order valence-corrected chi connectivity index (χ4v) is 5.23. The van der Waals surface area contributed by atoms with Crippen LogP contribution in [0.3, 0.4) is 0 Å². The van der Waals surface area contributed by atoms with Crippen molar-refractivity contribution in [1.29, 1.82) is 0 Å². The molecule has 0 saturated carbocycles. The molecular weight excluding hydrogens is 506 g/mol. The van der Waals surface area contributed by atoms with E-state index in [1.165, 1.54) is 52.5 Å². The van der Waals surface area contributed by atoms with E-state index in [-0.39, 0.29) is 48.3 Å². The Morgan fingerprint density at radius 1 is 0.917 bits per heavy atom. The van der Waals surface area contributed by atoms with Gasteiger partial charge in [-0.05, 0) is 55.5 Å². The summed E-state index contributed by atoms with van der Waals surface area (Å²) in [5.41, 5.74) is 1.08. The van der Waals surface area contributed by atoms with Crippen molar-refractivity contribution in [1.82, 2.24) is 14.1 Å². The van der Waals surface area contributed by atoms with Crippen LogP contribution in [0.2, 0.25) is 5.02 Å². The van der Waals surface area contributed by atoms with E-state index in [9.17, 15) is 22.8 Å². The van der Waals surface area contributed by atoms with Crippen LogP contribution in [0.4, 0.5) is 4.79 Å². The highest BCUT2D eigenvalue weighted by atomic mass is 35.5. The number of urea groups is 1. The molecule has 2 heterocycles. The summed E-state index contributed by atoms with van der Waals surface area (Å²) in [5.74, 6) is -0.677. The van der Waals surface area contributed by atoms with Crippen LogP contribution in [-0.2, 0) is 10.0 Å². The summed E-state index contributed by atoms with van der Waals surface area (Å²) in [5, 5.41) is 0.425. The lowest BCUT2D eigenvalue weighted by atomic mass is 10.1. The zero-order valence-corrected chi connectivity index (χ0v) is 21.0. The lowest BCUT2D eigenvalue weighted by Crippen LogP contribution is -2.55.